The van der Waals surface area contributed by atoms with E-state index in [1.54, 1.807) is 0 Å². The third-order valence-corrected chi connectivity index (χ3v) is 3.31. The number of aryl methyl sites for hydroxylation is 2. The van der Waals surface area contributed by atoms with Gasteiger partial charge in [0.2, 0.25) is 0 Å². The zero-order valence-electron chi connectivity index (χ0n) is 11.1. The minimum Gasteiger partial charge on any atom is -0.561 e. The molecule has 0 unspecified atom stereocenters. The Bertz CT molecular complexity index is 428. The first-order valence-electron chi connectivity index (χ1n) is 6.01. The maximum absolute atomic E-state index is 10.6. The molecular weight excluding hydrogens is 303 g/mol. The van der Waals surface area contributed by atoms with Crippen molar-refractivity contribution in [1.82, 2.24) is 0 Å². The molecule has 2 rings (SSSR count). The van der Waals surface area contributed by atoms with Crippen LogP contribution in [0.2, 0.25) is 0 Å². The van der Waals surface area contributed by atoms with Gasteiger partial charge in [-0.2, -0.15) is 0 Å². The monoisotopic (exact) mass is 321 g/mol. The van der Waals surface area contributed by atoms with Crippen LogP contribution in [0.3, 0.4) is 0 Å². The number of rotatable bonds is 3. The van der Waals surface area contributed by atoms with Gasteiger partial charge in [0.15, 0.2) is 0 Å². The summed E-state index contributed by atoms with van der Waals surface area (Å²) in [5.41, 5.74) is 7.96. The summed E-state index contributed by atoms with van der Waals surface area (Å²) in [6, 6.07) is 6.76. The Labute approximate surface area is 134 Å². The van der Waals surface area contributed by atoms with Gasteiger partial charge in [0.25, 0.3) is 5.97 Å². The maximum Gasteiger partial charge on any atom is 3.00 e. The van der Waals surface area contributed by atoms with Gasteiger partial charge in [-0.3, -0.25) is 4.79 Å². The van der Waals surface area contributed by atoms with Crippen LogP contribution >= 0.6 is 0 Å². The molecular formula is C14H18NO2Y+2. The van der Waals surface area contributed by atoms with E-state index in [4.69, 9.17) is 0 Å². The van der Waals surface area contributed by atoms with E-state index in [0.717, 1.165) is 12.8 Å². The first-order valence-corrected chi connectivity index (χ1v) is 6.01. The molecule has 0 radical (unpaired) electrons. The molecule has 0 bridgehead atoms. The van der Waals surface area contributed by atoms with Crippen molar-refractivity contribution in [3.8, 4) is 0 Å². The van der Waals surface area contributed by atoms with Gasteiger partial charge in [0.05, 0.1) is 0 Å². The van der Waals surface area contributed by atoms with E-state index in [9.17, 15) is 4.79 Å². The first kappa shape index (κ1) is 15.8. The fraction of sp³-hybridized carbons (Fsp3) is 0.500. The summed E-state index contributed by atoms with van der Waals surface area (Å²) >= 11 is 0. The van der Waals surface area contributed by atoms with E-state index in [1.165, 1.54) is 23.6 Å². The predicted octanol–water partition coefficient (Wildman–Crippen LogP) is 3.40. The summed E-state index contributed by atoms with van der Waals surface area (Å²) in [5.74, 6) is 0.236. The smallest absolute Gasteiger partial charge is 0.561 e. The Hall–Kier alpha value is -0.246. The van der Waals surface area contributed by atoms with Crippen LogP contribution in [-0.2, 0) is 42.3 Å². The molecule has 1 saturated carbocycles. The summed E-state index contributed by atoms with van der Waals surface area (Å²) in [6.45, 7) is 5.64. The Morgan fingerprint density at radius 3 is 2.56 bits per heavy atom. The molecule has 1 aliphatic rings. The zero-order chi connectivity index (χ0) is 12.4. The van der Waals surface area contributed by atoms with Crippen LogP contribution in [0.15, 0.2) is 18.2 Å². The molecule has 1 aromatic rings. The van der Waals surface area contributed by atoms with Crippen molar-refractivity contribution in [3.05, 3.63) is 40.4 Å². The molecule has 0 aromatic heterocycles. The number of carbonyl (C=O) groups is 1. The topological polar surface area (TPSA) is 40.4 Å². The van der Waals surface area contributed by atoms with Crippen LogP contribution in [0, 0.1) is 13.8 Å². The molecule has 1 aromatic carbocycles. The Balaban J connectivity index is 0.00000162. The minimum atomic E-state index is -0.333. The van der Waals surface area contributed by atoms with Gasteiger partial charge < -0.3 is 10.3 Å². The van der Waals surface area contributed by atoms with Crippen LogP contribution in [0.25, 0.3) is 5.48 Å². The summed E-state index contributed by atoms with van der Waals surface area (Å²) in [6.07, 6.45) is 1.97. The fourth-order valence-electron chi connectivity index (χ4n) is 2.36. The van der Waals surface area contributed by atoms with Crippen LogP contribution < -0.4 is 0 Å². The molecule has 92 valence electrons. The van der Waals surface area contributed by atoms with Crippen LogP contribution in [0.4, 0.5) is 0 Å². The molecule has 0 aliphatic heterocycles. The van der Waals surface area contributed by atoms with Gasteiger partial charge in [0, 0.05) is 6.92 Å². The number of hydrogen-bond acceptors (Lipinski definition) is 2. The molecule has 0 saturated heterocycles. The van der Waals surface area contributed by atoms with E-state index in [1.807, 2.05) is 0 Å². The van der Waals surface area contributed by atoms with Crippen molar-refractivity contribution in [1.29, 1.82) is 0 Å². The molecule has 0 heterocycles. The van der Waals surface area contributed by atoms with Crippen molar-refractivity contribution < 1.29 is 42.3 Å². The molecule has 1 aliphatic carbocycles. The number of hydroxylamine groups is 1. The Morgan fingerprint density at radius 2 is 2.00 bits per heavy atom. The largest absolute Gasteiger partial charge is 3.00 e. The van der Waals surface area contributed by atoms with Crippen molar-refractivity contribution >= 4 is 5.97 Å². The van der Waals surface area contributed by atoms with Crippen LogP contribution in [-0.4, -0.2) is 12.0 Å². The van der Waals surface area contributed by atoms with Gasteiger partial charge in [-0.1, -0.05) is 36.6 Å². The third-order valence-electron chi connectivity index (χ3n) is 3.31. The van der Waals surface area contributed by atoms with E-state index >= 15 is 0 Å². The minimum absolute atomic E-state index is 0. The van der Waals surface area contributed by atoms with Crippen LogP contribution in [0.1, 0.15) is 42.4 Å². The fourth-order valence-corrected chi connectivity index (χ4v) is 2.36. The molecule has 0 amide bonds. The average molecular weight is 321 g/mol. The van der Waals surface area contributed by atoms with Crippen LogP contribution in [0.5, 0.6) is 0 Å². The third kappa shape index (κ3) is 3.87. The second-order valence-corrected chi connectivity index (χ2v) is 4.87. The molecule has 0 N–H and O–H groups in total. The molecule has 4 heteroatoms. The normalized spacial score (nSPS) is 21.7. The predicted molar refractivity (Wildman–Crippen MR) is 66.8 cm³/mol. The summed E-state index contributed by atoms with van der Waals surface area (Å²) in [4.78, 5) is 15.3. The second-order valence-electron chi connectivity index (χ2n) is 4.87. The Morgan fingerprint density at radius 1 is 1.33 bits per heavy atom. The molecule has 1 fully saturated rings. The van der Waals surface area contributed by atoms with Gasteiger partial charge >= 0.3 is 32.7 Å². The van der Waals surface area contributed by atoms with Gasteiger partial charge in [0.1, 0.15) is 0 Å². The number of hydrogen-bond donors (Lipinski definition) is 0. The molecule has 18 heavy (non-hydrogen) atoms. The maximum atomic E-state index is 10.6. The molecule has 0 atom stereocenters. The Kier molecular flexibility index (Phi) is 5.96. The zero-order valence-corrected chi connectivity index (χ0v) is 14.0. The summed E-state index contributed by atoms with van der Waals surface area (Å²) < 4.78 is 0. The van der Waals surface area contributed by atoms with Gasteiger partial charge in [-0.25, -0.2) is 0 Å². The quantitative estimate of drug-likeness (QED) is 0.801. The van der Waals surface area contributed by atoms with Crippen molar-refractivity contribution in [2.45, 2.75) is 45.6 Å². The van der Waals surface area contributed by atoms with E-state index in [2.05, 4.69) is 42.4 Å². The number of carbonyl (C=O) groups excluding carboxylic acids is 1. The second kappa shape index (κ2) is 6.79. The average Bonchev–Trinajstić information content (AvgIpc) is 2.17. The number of nitrogens with zero attached hydrogens (tertiary/aromatic N) is 1. The molecule has 0 spiro atoms. The first-order chi connectivity index (χ1) is 8.06. The van der Waals surface area contributed by atoms with Gasteiger partial charge in [-0.05, 0) is 30.9 Å². The number of benzene rings is 1. The SMILES string of the molecule is CC(=O)O[N-]C1CC(c2ccc(C)cc2C)C1.[Y+3]. The van der Waals surface area contributed by atoms with Gasteiger partial charge in [-0.15, -0.1) is 6.04 Å². The summed E-state index contributed by atoms with van der Waals surface area (Å²) in [7, 11) is 0. The van der Waals surface area contributed by atoms with Crippen molar-refractivity contribution in [3.63, 3.8) is 0 Å². The summed E-state index contributed by atoms with van der Waals surface area (Å²) in [5, 5.41) is 0. The van der Waals surface area contributed by atoms with Crippen molar-refractivity contribution in [2.75, 3.05) is 0 Å². The van der Waals surface area contributed by atoms with E-state index in [0.29, 0.717) is 5.92 Å². The van der Waals surface area contributed by atoms with E-state index in [-0.39, 0.29) is 44.7 Å². The standard InChI is InChI=1S/C14H18NO2.Y/c1-9-4-5-14(10(2)6-9)12-7-13(8-12)15-17-11(3)16;/h4-6,12-13H,7-8H2,1-3H3;/q-1;+3. The molecule has 3 nitrogen and oxygen atoms in total. The van der Waals surface area contributed by atoms with Crippen molar-refractivity contribution in [2.24, 2.45) is 0 Å². The van der Waals surface area contributed by atoms with E-state index < -0.39 is 0 Å².